The highest BCUT2D eigenvalue weighted by Crippen LogP contribution is 2.35. The largest absolute Gasteiger partial charge is 0.398 e. The van der Waals surface area contributed by atoms with Gasteiger partial charge >= 0.3 is 6.18 Å². The van der Waals surface area contributed by atoms with Crippen molar-refractivity contribution in [3.8, 4) is 0 Å². The summed E-state index contributed by atoms with van der Waals surface area (Å²) in [6.45, 7) is 0. The zero-order valence-corrected chi connectivity index (χ0v) is 7.61. The van der Waals surface area contributed by atoms with Crippen molar-refractivity contribution in [1.82, 2.24) is 0 Å². The fourth-order valence-corrected chi connectivity index (χ4v) is 1.40. The van der Waals surface area contributed by atoms with Crippen molar-refractivity contribution >= 4 is 15.9 Å². The molecule has 0 fully saturated rings. The summed E-state index contributed by atoms with van der Waals surface area (Å²) in [6.07, 6.45) is -1.77. The van der Waals surface area contributed by atoms with Crippen LogP contribution in [0.15, 0.2) is 22.3 Å². The molecule has 1 nitrogen and oxygen atoms in total. The molecule has 0 amide bonds. The highest BCUT2D eigenvalue weighted by atomic mass is 79.9. The van der Waals surface area contributed by atoms with Gasteiger partial charge in [-0.2, -0.15) is 13.2 Å². The molecule has 0 bridgehead atoms. The van der Waals surface area contributed by atoms with Crippen molar-refractivity contribution in [2.45, 2.75) is 12.6 Å². The van der Waals surface area contributed by atoms with Crippen molar-refractivity contribution in [2.24, 2.45) is 11.7 Å². The number of hydrogen-bond donors (Lipinski definition) is 1. The molecule has 0 aromatic carbocycles. The SMILES string of the molecule is NC1=CC[C@@H](C(F)(F)F)C=C1Br. The molecule has 0 saturated heterocycles. The summed E-state index contributed by atoms with van der Waals surface area (Å²) in [4.78, 5) is 0. The molecule has 0 heterocycles. The van der Waals surface area contributed by atoms with E-state index in [2.05, 4.69) is 15.9 Å². The second kappa shape index (κ2) is 3.12. The molecule has 5 heteroatoms. The van der Waals surface area contributed by atoms with Crippen LogP contribution in [0.3, 0.4) is 0 Å². The molecule has 1 atom stereocenters. The molecule has 1 aliphatic rings. The highest BCUT2D eigenvalue weighted by molar-refractivity contribution is 9.12. The van der Waals surface area contributed by atoms with Crippen LogP contribution in [-0.4, -0.2) is 6.18 Å². The normalized spacial score (nSPS) is 24.8. The van der Waals surface area contributed by atoms with Gasteiger partial charge in [-0.3, -0.25) is 0 Å². The lowest BCUT2D eigenvalue weighted by Gasteiger charge is -2.19. The third-order valence-corrected chi connectivity index (χ3v) is 2.36. The van der Waals surface area contributed by atoms with Gasteiger partial charge < -0.3 is 5.73 Å². The summed E-state index contributed by atoms with van der Waals surface area (Å²) in [5.41, 5.74) is 5.73. The molecule has 1 aliphatic carbocycles. The van der Waals surface area contributed by atoms with Crippen LogP contribution in [0, 0.1) is 5.92 Å². The maximum Gasteiger partial charge on any atom is 0.395 e. The summed E-state index contributed by atoms with van der Waals surface area (Å²) in [7, 11) is 0. The van der Waals surface area contributed by atoms with Crippen LogP contribution in [0.1, 0.15) is 6.42 Å². The third-order valence-electron chi connectivity index (χ3n) is 1.64. The van der Waals surface area contributed by atoms with Gasteiger partial charge in [-0.05, 0) is 22.4 Å². The predicted molar refractivity (Wildman–Crippen MR) is 43.4 cm³/mol. The fourth-order valence-electron chi connectivity index (χ4n) is 0.920. The highest BCUT2D eigenvalue weighted by Gasteiger charge is 2.38. The maximum absolute atomic E-state index is 12.1. The van der Waals surface area contributed by atoms with Gasteiger partial charge in [-0.25, -0.2) is 0 Å². The van der Waals surface area contributed by atoms with Crippen molar-refractivity contribution in [2.75, 3.05) is 0 Å². The first-order valence-corrected chi connectivity index (χ1v) is 4.10. The van der Waals surface area contributed by atoms with Crippen LogP contribution in [0.5, 0.6) is 0 Å². The van der Waals surface area contributed by atoms with E-state index in [9.17, 15) is 13.2 Å². The van der Waals surface area contributed by atoms with Crippen LogP contribution in [0.2, 0.25) is 0 Å². The van der Waals surface area contributed by atoms with E-state index in [4.69, 9.17) is 5.73 Å². The lowest BCUT2D eigenvalue weighted by atomic mass is 9.99. The van der Waals surface area contributed by atoms with Gasteiger partial charge in [0.2, 0.25) is 0 Å². The first-order chi connectivity index (χ1) is 5.41. The van der Waals surface area contributed by atoms with Gasteiger partial charge in [0, 0.05) is 10.2 Å². The Morgan fingerprint density at radius 1 is 1.50 bits per heavy atom. The molecule has 12 heavy (non-hydrogen) atoms. The molecule has 0 radical (unpaired) electrons. The summed E-state index contributed by atoms with van der Waals surface area (Å²) < 4.78 is 36.6. The quantitative estimate of drug-likeness (QED) is 0.694. The van der Waals surface area contributed by atoms with Crippen molar-refractivity contribution in [1.29, 1.82) is 0 Å². The zero-order valence-electron chi connectivity index (χ0n) is 6.03. The zero-order chi connectivity index (χ0) is 9.35. The van der Waals surface area contributed by atoms with E-state index in [0.717, 1.165) is 6.08 Å². The number of halogens is 4. The number of nitrogens with two attached hydrogens (primary N) is 1. The molecular weight excluding hydrogens is 235 g/mol. The van der Waals surface area contributed by atoms with E-state index in [1.807, 2.05) is 0 Å². The molecule has 1 rings (SSSR count). The average Bonchev–Trinajstić information content (AvgIpc) is 1.92. The molecule has 68 valence electrons. The minimum absolute atomic E-state index is 0.0650. The maximum atomic E-state index is 12.1. The first kappa shape index (κ1) is 9.64. The van der Waals surface area contributed by atoms with Crippen molar-refractivity contribution in [3.63, 3.8) is 0 Å². The van der Waals surface area contributed by atoms with Crippen molar-refractivity contribution < 1.29 is 13.2 Å². The molecular formula is C7H7BrF3N. The van der Waals surface area contributed by atoms with Crippen molar-refractivity contribution in [3.05, 3.63) is 22.3 Å². The third kappa shape index (κ3) is 2.03. The number of rotatable bonds is 0. The Hall–Kier alpha value is -0.450. The standard InChI is InChI=1S/C7H7BrF3N/c8-5-3-4(7(9,10)11)1-2-6(5)12/h2-4H,1,12H2/t4-/m1/s1. The Kier molecular flexibility index (Phi) is 2.51. The molecule has 0 aromatic rings. The van der Waals surface area contributed by atoms with E-state index in [1.165, 1.54) is 6.08 Å². The molecule has 0 saturated carbocycles. The van der Waals surface area contributed by atoms with Crippen LogP contribution in [0.4, 0.5) is 13.2 Å². The van der Waals surface area contributed by atoms with E-state index < -0.39 is 12.1 Å². The van der Waals surface area contributed by atoms with Crippen LogP contribution in [0.25, 0.3) is 0 Å². The Labute approximate surface area is 76.2 Å². The minimum atomic E-state index is -4.17. The lowest BCUT2D eigenvalue weighted by molar-refractivity contribution is -0.160. The Balaban J connectivity index is 2.79. The van der Waals surface area contributed by atoms with Gasteiger partial charge in [0.15, 0.2) is 0 Å². The van der Waals surface area contributed by atoms with Gasteiger partial charge in [0.25, 0.3) is 0 Å². The molecule has 0 spiro atoms. The number of hydrogen-bond acceptors (Lipinski definition) is 1. The summed E-state index contributed by atoms with van der Waals surface area (Å²) in [5.74, 6) is -1.40. The Bertz CT molecular complexity index is 242. The van der Waals surface area contributed by atoms with Gasteiger partial charge in [0.05, 0.1) is 5.92 Å². The summed E-state index contributed by atoms with van der Waals surface area (Å²) >= 11 is 2.95. The molecule has 0 unspecified atom stereocenters. The molecule has 2 N–H and O–H groups in total. The Morgan fingerprint density at radius 2 is 2.08 bits per heavy atom. The first-order valence-electron chi connectivity index (χ1n) is 3.31. The Morgan fingerprint density at radius 3 is 2.50 bits per heavy atom. The van der Waals surface area contributed by atoms with E-state index >= 15 is 0 Å². The topological polar surface area (TPSA) is 26.0 Å². The summed E-state index contributed by atoms with van der Waals surface area (Å²) in [6, 6.07) is 0. The lowest BCUT2D eigenvalue weighted by Crippen LogP contribution is -2.23. The predicted octanol–water partition coefficient (Wildman–Crippen LogP) is 2.69. The van der Waals surface area contributed by atoms with Crippen LogP contribution >= 0.6 is 15.9 Å². The molecule has 0 aliphatic heterocycles. The van der Waals surface area contributed by atoms with Crippen LogP contribution < -0.4 is 5.73 Å². The second-order valence-corrected chi connectivity index (χ2v) is 3.41. The van der Waals surface area contributed by atoms with E-state index in [0.29, 0.717) is 10.2 Å². The smallest absolute Gasteiger partial charge is 0.395 e. The minimum Gasteiger partial charge on any atom is -0.398 e. The van der Waals surface area contributed by atoms with Gasteiger partial charge in [-0.1, -0.05) is 12.2 Å². The fraction of sp³-hybridized carbons (Fsp3) is 0.429. The van der Waals surface area contributed by atoms with Crippen LogP contribution in [-0.2, 0) is 0 Å². The van der Waals surface area contributed by atoms with Gasteiger partial charge in [-0.15, -0.1) is 0 Å². The monoisotopic (exact) mass is 241 g/mol. The van der Waals surface area contributed by atoms with Gasteiger partial charge in [0.1, 0.15) is 0 Å². The number of alkyl halides is 3. The molecule has 0 aromatic heterocycles. The second-order valence-electron chi connectivity index (χ2n) is 2.56. The summed E-state index contributed by atoms with van der Waals surface area (Å²) in [5, 5.41) is 0. The van der Waals surface area contributed by atoms with E-state index in [-0.39, 0.29) is 6.42 Å². The number of allylic oxidation sites excluding steroid dienone is 3. The van der Waals surface area contributed by atoms with E-state index in [1.54, 1.807) is 0 Å². The average molecular weight is 242 g/mol.